The van der Waals surface area contributed by atoms with Crippen LogP contribution in [-0.4, -0.2) is 6.29 Å². The van der Waals surface area contributed by atoms with Crippen LogP contribution in [-0.2, 0) is 0 Å². The van der Waals surface area contributed by atoms with Gasteiger partial charge in [0.25, 0.3) is 0 Å². The third-order valence-electron chi connectivity index (χ3n) is 5.18. The fraction of sp³-hybridized carbons (Fsp3) is 0.182. The number of anilines is 2. The molecule has 2 N–H and O–H groups in total. The van der Waals surface area contributed by atoms with E-state index in [0.717, 1.165) is 33.4 Å². The molecule has 3 aromatic carbocycles. The quantitative estimate of drug-likeness (QED) is 0.385. The predicted octanol–water partition coefficient (Wildman–Crippen LogP) is 6.82. The van der Waals surface area contributed by atoms with Gasteiger partial charge >= 0.3 is 163 Å². The molecule has 6 heteroatoms. The Balaban J connectivity index is 2.00. The summed E-state index contributed by atoms with van der Waals surface area (Å²) in [6.45, 7) is 3.87. The molecule has 1 aliphatic heterocycles. The van der Waals surface area contributed by atoms with Crippen molar-refractivity contribution in [2.75, 3.05) is 16.9 Å². The molecule has 0 radical (unpaired) electrons. The van der Waals surface area contributed by atoms with Gasteiger partial charge in [-0.05, 0) is 0 Å². The van der Waals surface area contributed by atoms with Gasteiger partial charge in [-0.2, -0.15) is 0 Å². The van der Waals surface area contributed by atoms with E-state index < -0.39 is 20.5 Å². The number of benzene rings is 3. The van der Waals surface area contributed by atoms with Gasteiger partial charge in [0.1, 0.15) is 0 Å². The van der Waals surface area contributed by atoms with Crippen LogP contribution in [0.15, 0.2) is 60.7 Å². The predicted molar refractivity (Wildman–Crippen MR) is 113 cm³/mol. The summed E-state index contributed by atoms with van der Waals surface area (Å²) in [6, 6.07) is 18.4. The Morgan fingerprint density at radius 2 is 1.50 bits per heavy atom. The molecule has 0 amide bonds. The number of nitrogens with two attached hydrogens (primary N) is 1. The summed E-state index contributed by atoms with van der Waals surface area (Å²) in [5, 5.41) is 0. The zero-order valence-electron chi connectivity index (χ0n) is 15.7. The Bertz CT molecular complexity index is 1030. The molecular weight excluding hydrogens is 380 g/mol. The third-order valence-corrected chi connectivity index (χ3v) is 5.88. The van der Waals surface area contributed by atoms with Crippen molar-refractivity contribution in [2.45, 2.75) is 19.9 Å². The average molecular weight is 402 g/mol. The number of hydrogen-bond acceptors (Lipinski definition) is 2. The van der Waals surface area contributed by atoms with Crippen molar-refractivity contribution in [1.29, 1.82) is 0 Å². The van der Waals surface area contributed by atoms with Crippen molar-refractivity contribution < 1.29 is 12.6 Å². The number of nitrogens with zero attached hydrogens (tertiary/aromatic N) is 1. The normalized spacial score (nSPS) is 16.5. The molecule has 0 bridgehead atoms. The summed E-state index contributed by atoms with van der Waals surface area (Å²) in [5.41, 5.74) is 12.6. The zero-order chi connectivity index (χ0) is 20.1. The van der Waals surface area contributed by atoms with Crippen LogP contribution in [0.4, 0.5) is 24.0 Å². The van der Waals surface area contributed by atoms with Crippen LogP contribution in [0.2, 0.25) is 0 Å². The van der Waals surface area contributed by atoms with E-state index in [2.05, 4.69) is 0 Å². The van der Waals surface area contributed by atoms with Gasteiger partial charge in [0, 0.05) is 0 Å². The molecule has 146 valence electrons. The van der Waals surface area contributed by atoms with Crippen LogP contribution >= 0.6 is 8.19 Å². The summed E-state index contributed by atoms with van der Waals surface area (Å²) in [6.07, 6.45) is -0.893. The van der Waals surface area contributed by atoms with Gasteiger partial charge < -0.3 is 0 Å². The third kappa shape index (κ3) is 3.47. The van der Waals surface area contributed by atoms with Crippen molar-refractivity contribution in [3.63, 3.8) is 0 Å². The molecule has 1 heterocycles. The van der Waals surface area contributed by atoms with Gasteiger partial charge in [-0.3, -0.25) is 0 Å². The number of rotatable bonds is 3. The van der Waals surface area contributed by atoms with E-state index in [-0.39, 0.29) is 0 Å². The van der Waals surface area contributed by atoms with Crippen molar-refractivity contribution >= 4 is 19.6 Å². The molecule has 0 aliphatic carbocycles. The first-order valence-corrected chi connectivity index (χ1v) is 11.0. The fourth-order valence-corrected chi connectivity index (χ4v) is 4.68. The Labute approximate surface area is 163 Å². The molecule has 3 aromatic rings. The molecule has 0 saturated carbocycles. The molecule has 4 rings (SSSR count). The molecule has 0 saturated heterocycles. The van der Waals surface area contributed by atoms with Gasteiger partial charge in [-0.15, -0.1) is 0 Å². The van der Waals surface area contributed by atoms with Crippen LogP contribution in [0.25, 0.3) is 11.1 Å². The number of fused-ring (bicyclic) bond motifs is 3. The van der Waals surface area contributed by atoms with E-state index in [9.17, 15) is 12.6 Å². The average Bonchev–Trinajstić information content (AvgIpc) is 2.62. The van der Waals surface area contributed by atoms with E-state index in [0.29, 0.717) is 11.4 Å². The van der Waals surface area contributed by atoms with Crippen molar-refractivity contribution in [1.82, 2.24) is 0 Å². The molecular formula is C22H22F3N2P. The van der Waals surface area contributed by atoms with E-state index in [1.54, 1.807) is 0 Å². The van der Waals surface area contributed by atoms with Crippen LogP contribution in [0.5, 0.6) is 0 Å². The van der Waals surface area contributed by atoms with Gasteiger partial charge in [-0.1, -0.05) is 0 Å². The maximum absolute atomic E-state index is 13.7. The second-order valence-corrected chi connectivity index (χ2v) is 8.97. The second kappa shape index (κ2) is 6.82. The Morgan fingerprint density at radius 1 is 0.857 bits per heavy atom. The Kier molecular flexibility index (Phi) is 4.59. The van der Waals surface area contributed by atoms with Crippen molar-refractivity contribution in [2.24, 2.45) is 0 Å². The van der Waals surface area contributed by atoms with Crippen LogP contribution in [0.3, 0.4) is 0 Å². The maximum atomic E-state index is 13.7. The molecule has 28 heavy (non-hydrogen) atoms. The summed E-state index contributed by atoms with van der Waals surface area (Å²) < 4.78 is 41.1. The first-order chi connectivity index (χ1) is 13.2. The van der Waals surface area contributed by atoms with Crippen LogP contribution in [0, 0.1) is 13.8 Å². The number of halogens is 3. The molecule has 0 spiro atoms. The standard InChI is InChI=1S/C22H22F3N2P/c1-14-3-6-16(7-4-14)22-20-12-17(26)8-10-18(20)19-9-5-15(2)11-21(19)27(22)13-28(23,24)25/h3-12,22,28H,13,26H2,1-2H3. The van der Waals surface area contributed by atoms with E-state index in [1.165, 1.54) is 4.90 Å². The van der Waals surface area contributed by atoms with Gasteiger partial charge in [0.2, 0.25) is 0 Å². The Hall–Kier alpha value is -2.52. The van der Waals surface area contributed by atoms with Crippen molar-refractivity contribution in [3.8, 4) is 11.1 Å². The molecule has 1 atom stereocenters. The van der Waals surface area contributed by atoms with Gasteiger partial charge in [0.05, 0.1) is 0 Å². The van der Waals surface area contributed by atoms with Gasteiger partial charge in [0.15, 0.2) is 0 Å². The summed E-state index contributed by atoms with van der Waals surface area (Å²) in [7, 11) is -5.86. The van der Waals surface area contributed by atoms with Crippen LogP contribution in [0.1, 0.15) is 28.3 Å². The molecule has 2 nitrogen and oxygen atoms in total. The monoisotopic (exact) mass is 402 g/mol. The van der Waals surface area contributed by atoms with E-state index in [1.807, 2.05) is 74.5 Å². The molecule has 1 aliphatic rings. The molecule has 0 fully saturated rings. The Morgan fingerprint density at radius 3 is 2.18 bits per heavy atom. The topological polar surface area (TPSA) is 29.3 Å². The number of nitrogen functional groups attached to an aromatic ring is 1. The zero-order valence-corrected chi connectivity index (χ0v) is 16.7. The van der Waals surface area contributed by atoms with Crippen LogP contribution < -0.4 is 10.6 Å². The molecule has 0 aromatic heterocycles. The minimum atomic E-state index is -5.86. The minimum absolute atomic E-state index is 0.525. The van der Waals surface area contributed by atoms with E-state index >= 15 is 0 Å². The first-order valence-electron chi connectivity index (χ1n) is 9.13. The second-order valence-electron chi connectivity index (χ2n) is 7.42. The summed E-state index contributed by atoms with van der Waals surface area (Å²) >= 11 is 0. The molecule has 1 unspecified atom stereocenters. The summed E-state index contributed by atoms with van der Waals surface area (Å²) in [4.78, 5) is 1.51. The SMILES string of the molecule is Cc1ccc(C2c3cc(N)ccc3-c3ccc(C)cc3N2C[PH](F)(F)F)cc1. The summed E-state index contributed by atoms with van der Waals surface area (Å²) in [5.74, 6) is 0. The first kappa shape index (κ1) is 18.8. The van der Waals surface area contributed by atoms with Gasteiger partial charge in [-0.25, -0.2) is 0 Å². The van der Waals surface area contributed by atoms with Crippen molar-refractivity contribution in [3.05, 3.63) is 82.9 Å². The number of aryl methyl sites for hydroxylation is 2. The number of hydrogen-bond donors (Lipinski definition) is 1. The van der Waals surface area contributed by atoms with E-state index in [4.69, 9.17) is 5.73 Å². The fourth-order valence-electron chi connectivity index (χ4n) is 3.94.